The lowest BCUT2D eigenvalue weighted by Gasteiger charge is -2.17. The van der Waals surface area contributed by atoms with Gasteiger partial charge in [0.15, 0.2) is 0 Å². The first kappa shape index (κ1) is 16.7. The Bertz CT molecular complexity index is 329. The summed E-state index contributed by atoms with van der Waals surface area (Å²) in [7, 11) is 0. The fourth-order valence-corrected chi connectivity index (χ4v) is 1.48. The second-order valence-electron chi connectivity index (χ2n) is 3.65. The number of ether oxygens (including phenoxy) is 1. The molecule has 1 aromatic carbocycles. The van der Waals surface area contributed by atoms with E-state index in [-0.39, 0.29) is 12.4 Å². The largest absolute Gasteiger partial charge is 0.448 e. The summed E-state index contributed by atoms with van der Waals surface area (Å²) in [4.78, 5) is 13.6. The first-order chi connectivity index (χ1) is 8.26. The zero-order valence-electron chi connectivity index (χ0n) is 10.9. The van der Waals surface area contributed by atoms with Gasteiger partial charge >= 0.3 is 6.09 Å². The number of nitrogens with one attached hydrogen (secondary N) is 1. The van der Waals surface area contributed by atoms with Gasteiger partial charge < -0.3 is 9.64 Å². The molecular formula is C13H21ClN2O2. The number of rotatable bonds is 6. The number of hydrogen-bond donors (Lipinski definition) is 1. The summed E-state index contributed by atoms with van der Waals surface area (Å²) in [5.41, 5.74) is 0.750. The number of halogens is 1. The van der Waals surface area contributed by atoms with Gasteiger partial charge in [-0.05, 0) is 25.2 Å². The van der Waals surface area contributed by atoms with Crippen LogP contribution >= 0.6 is 12.4 Å². The third-order valence-corrected chi connectivity index (χ3v) is 2.56. The van der Waals surface area contributed by atoms with Crippen molar-refractivity contribution in [2.24, 2.45) is 0 Å². The number of anilines is 1. The number of para-hydroxylation sites is 1. The molecule has 4 nitrogen and oxygen atoms in total. The highest BCUT2D eigenvalue weighted by molar-refractivity contribution is 5.85. The van der Waals surface area contributed by atoms with Gasteiger partial charge in [-0.3, -0.25) is 5.32 Å². The molecule has 0 fully saturated rings. The van der Waals surface area contributed by atoms with Crippen molar-refractivity contribution in [2.45, 2.75) is 13.8 Å². The Labute approximate surface area is 115 Å². The quantitative estimate of drug-likeness (QED) is 0.866. The van der Waals surface area contributed by atoms with Gasteiger partial charge in [0.2, 0.25) is 0 Å². The molecule has 0 saturated heterocycles. The average molecular weight is 273 g/mol. The number of benzene rings is 1. The SMILES string of the molecule is CCN(CC)CCOC(=O)Nc1ccccc1.Cl. The molecule has 18 heavy (non-hydrogen) atoms. The Morgan fingerprint density at radius 2 is 1.83 bits per heavy atom. The smallest absolute Gasteiger partial charge is 0.411 e. The van der Waals surface area contributed by atoms with Gasteiger partial charge in [0.25, 0.3) is 0 Å². The highest BCUT2D eigenvalue weighted by atomic mass is 35.5. The van der Waals surface area contributed by atoms with Crippen LogP contribution < -0.4 is 5.32 Å². The van der Waals surface area contributed by atoms with Gasteiger partial charge in [0.05, 0.1) is 0 Å². The van der Waals surface area contributed by atoms with Gasteiger partial charge in [-0.15, -0.1) is 12.4 Å². The zero-order chi connectivity index (χ0) is 12.5. The standard InChI is InChI=1S/C13H20N2O2.ClH/c1-3-15(4-2)10-11-17-13(16)14-12-8-6-5-7-9-12;/h5-9H,3-4,10-11H2,1-2H3,(H,14,16);1H. The van der Waals surface area contributed by atoms with E-state index in [0.29, 0.717) is 6.61 Å². The van der Waals surface area contributed by atoms with Crippen LogP contribution in [0.5, 0.6) is 0 Å². The topological polar surface area (TPSA) is 41.6 Å². The van der Waals surface area contributed by atoms with Crippen molar-refractivity contribution in [3.63, 3.8) is 0 Å². The predicted molar refractivity (Wildman–Crippen MR) is 76.4 cm³/mol. The third-order valence-electron chi connectivity index (χ3n) is 2.56. The number of amides is 1. The summed E-state index contributed by atoms with van der Waals surface area (Å²) in [5, 5.41) is 2.67. The maximum Gasteiger partial charge on any atom is 0.411 e. The van der Waals surface area contributed by atoms with Crippen molar-refractivity contribution >= 4 is 24.2 Å². The van der Waals surface area contributed by atoms with Crippen LogP contribution in [0, 0.1) is 0 Å². The molecule has 1 aromatic rings. The fraction of sp³-hybridized carbons (Fsp3) is 0.462. The molecule has 1 amide bonds. The minimum absolute atomic E-state index is 0. The maximum absolute atomic E-state index is 11.4. The van der Waals surface area contributed by atoms with E-state index < -0.39 is 6.09 Å². The Balaban J connectivity index is 0.00000289. The molecule has 0 bridgehead atoms. The van der Waals surface area contributed by atoms with Crippen LogP contribution in [0.1, 0.15) is 13.8 Å². The maximum atomic E-state index is 11.4. The molecule has 1 N–H and O–H groups in total. The molecule has 0 saturated carbocycles. The minimum atomic E-state index is -0.400. The molecule has 0 unspecified atom stereocenters. The summed E-state index contributed by atoms with van der Waals surface area (Å²) in [6, 6.07) is 9.28. The van der Waals surface area contributed by atoms with Gasteiger partial charge in [-0.25, -0.2) is 4.79 Å². The Hall–Kier alpha value is -1.26. The van der Waals surface area contributed by atoms with Crippen molar-refractivity contribution in [1.82, 2.24) is 4.90 Å². The van der Waals surface area contributed by atoms with E-state index in [0.717, 1.165) is 25.3 Å². The van der Waals surface area contributed by atoms with E-state index in [2.05, 4.69) is 24.1 Å². The van der Waals surface area contributed by atoms with E-state index in [4.69, 9.17) is 4.74 Å². The van der Waals surface area contributed by atoms with Gasteiger partial charge in [0, 0.05) is 12.2 Å². The van der Waals surface area contributed by atoms with Crippen LogP contribution in [0.25, 0.3) is 0 Å². The minimum Gasteiger partial charge on any atom is -0.448 e. The van der Waals surface area contributed by atoms with Crippen LogP contribution in [0.2, 0.25) is 0 Å². The van der Waals surface area contributed by atoms with E-state index >= 15 is 0 Å². The molecular weight excluding hydrogens is 252 g/mol. The van der Waals surface area contributed by atoms with Crippen molar-refractivity contribution in [3.05, 3.63) is 30.3 Å². The number of carbonyl (C=O) groups is 1. The van der Waals surface area contributed by atoms with E-state index in [1.54, 1.807) is 0 Å². The van der Waals surface area contributed by atoms with Crippen molar-refractivity contribution in [3.8, 4) is 0 Å². The predicted octanol–water partition coefficient (Wildman–Crippen LogP) is 3.00. The van der Waals surface area contributed by atoms with E-state index in [1.165, 1.54) is 0 Å². The Morgan fingerprint density at radius 3 is 2.39 bits per heavy atom. The van der Waals surface area contributed by atoms with Gasteiger partial charge in [0.1, 0.15) is 6.61 Å². The summed E-state index contributed by atoms with van der Waals surface area (Å²) in [6.45, 7) is 7.32. The first-order valence-electron chi connectivity index (χ1n) is 5.97. The average Bonchev–Trinajstić information content (AvgIpc) is 2.36. The molecule has 0 aliphatic heterocycles. The molecule has 0 radical (unpaired) electrons. The van der Waals surface area contributed by atoms with Crippen LogP contribution in [0.3, 0.4) is 0 Å². The summed E-state index contributed by atoms with van der Waals surface area (Å²) >= 11 is 0. The molecule has 0 aliphatic carbocycles. The number of hydrogen-bond acceptors (Lipinski definition) is 3. The van der Waals surface area contributed by atoms with E-state index in [9.17, 15) is 4.79 Å². The van der Waals surface area contributed by atoms with Crippen LogP contribution in [-0.4, -0.2) is 37.2 Å². The monoisotopic (exact) mass is 272 g/mol. The number of carbonyl (C=O) groups excluding carboxylic acids is 1. The zero-order valence-corrected chi connectivity index (χ0v) is 11.7. The van der Waals surface area contributed by atoms with Crippen LogP contribution in [0.15, 0.2) is 30.3 Å². The van der Waals surface area contributed by atoms with Gasteiger partial charge in [-0.1, -0.05) is 32.0 Å². The Morgan fingerprint density at radius 1 is 1.22 bits per heavy atom. The lowest BCUT2D eigenvalue weighted by atomic mass is 10.3. The molecule has 1 rings (SSSR count). The summed E-state index contributed by atoms with van der Waals surface area (Å²) in [6.07, 6.45) is -0.400. The summed E-state index contributed by atoms with van der Waals surface area (Å²) < 4.78 is 5.09. The first-order valence-corrected chi connectivity index (χ1v) is 5.97. The van der Waals surface area contributed by atoms with Crippen molar-refractivity contribution < 1.29 is 9.53 Å². The Kier molecular flexibility index (Phi) is 9.06. The molecule has 102 valence electrons. The molecule has 0 heterocycles. The highest BCUT2D eigenvalue weighted by Crippen LogP contribution is 2.05. The van der Waals surface area contributed by atoms with Crippen molar-refractivity contribution in [2.75, 3.05) is 31.6 Å². The molecule has 0 aromatic heterocycles. The van der Waals surface area contributed by atoms with Gasteiger partial charge in [-0.2, -0.15) is 0 Å². The third kappa shape index (κ3) is 6.47. The highest BCUT2D eigenvalue weighted by Gasteiger charge is 2.04. The lowest BCUT2D eigenvalue weighted by Crippen LogP contribution is -2.28. The summed E-state index contributed by atoms with van der Waals surface area (Å²) in [5.74, 6) is 0. The molecule has 0 atom stereocenters. The molecule has 0 spiro atoms. The van der Waals surface area contributed by atoms with E-state index in [1.807, 2.05) is 30.3 Å². The number of nitrogens with zero attached hydrogens (tertiary/aromatic N) is 1. The lowest BCUT2D eigenvalue weighted by molar-refractivity contribution is 0.142. The molecule has 0 aliphatic rings. The van der Waals surface area contributed by atoms with Crippen molar-refractivity contribution in [1.29, 1.82) is 0 Å². The normalized spacial score (nSPS) is 9.72. The second-order valence-corrected chi connectivity index (χ2v) is 3.65. The van der Waals surface area contributed by atoms with Crippen LogP contribution in [0.4, 0.5) is 10.5 Å². The number of likely N-dealkylation sites (N-methyl/N-ethyl adjacent to an activating group) is 1. The van der Waals surface area contributed by atoms with Crippen LogP contribution in [-0.2, 0) is 4.74 Å². The second kappa shape index (κ2) is 9.74. The fourth-order valence-electron chi connectivity index (χ4n) is 1.48. The molecule has 5 heteroatoms.